The molecule has 1 heterocycles. The van der Waals surface area contributed by atoms with E-state index in [4.69, 9.17) is 33.0 Å². The molecule has 2 aromatic rings. The van der Waals surface area contributed by atoms with Gasteiger partial charge in [-0.2, -0.15) is 0 Å². The van der Waals surface area contributed by atoms with Crippen LogP contribution in [-0.2, 0) is 6.61 Å². The second-order valence-electron chi connectivity index (χ2n) is 3.45. The summed E-state index contributed by atoms with van der Waals surface area (Å²) in [7, 11) is 0. The fourth-order valence-corrected chi connectivity index (χ4v) is 1.58. The second kappa shape index (κ2) is 5.52. The van der Waals surface area contributed by atoms with Gasteiger partial charge >= 0.3 is 0 Å². The molecule has 0 aliphatic rings. The van der Waals surface area contributed by atoms with Crippen molar-refractivity contribution in [1.82, 2.24) is 4.98 Å². The molecule has 0 spiro atoms. The van der Waals surface area contributed by atoms with Gasteiger partial charge in [-0.3, -0.25) is 0 Å². The molecule has 0 radical (unpaired) electrons. The Hall–Kier alpha value is -1.36. The second-order valence-corrected chi connectivity index (χ2v) is 4.26. The van der Waals surface area contributed by atoms with E-state index in [0.29, 0.717) is 10.6 Å². The van der Waals surface area contributed by atoms with E-state index in [1.165, 1.54) is 24.4 Å². The van der Waals surface area contributed by atoms with Gasteiger partial charge in [0.1, 0.15) is 11.6 Å². The molecule has 1 N–H and O–H groups in total. The van der Waals surface area contributed by atoms with Gasteiger partial charge in [0.15, 0.2) is 0 Å². The Morgan fingerprint density at radius 1 is 1.22 bits per heavy atom. The zero-order valence-corrected chi connectivity index (χ0v) is 10.5. The first-order valence-corrected chi connectivity index (χ1v) is 5.74. The fourth-order valence-electron chi connectivity index (χ4n) is 1.30. The lowest BCUT2D eigenvalue weighted by atomic mass is 10.3. The van der Waals surface area contributed by atoms with Gasteiger partial charge in [-0.1, -0.05) is 23.2 Å². The van der Waals surface area contributed by atoms with Gasteiger partial charge in [-0.05, 0) is 12.1 Å². The lowest BCUT2D eigenvalue weighted by Crippen LogP contribution is -1.92. The maximum atomic E-state index is 13.2. The van der Waals surface area contributed by atoms with Crippen LogP contribution in [0.25, 0.3) is 0 Å². The summed E-state index contributed by atoms with van der Waals surface area (Å²) in [6.45, 7) is -0.229. The largest absolute Gasteiger partial charge is 0.439 e. The molecule has 1 aromatic heterocycles. The fraction of sp³-hybridized carbons (Fsp3) is 0.0833. The SMILES string of the molecule is OCc1cc(Oc2ccc(Cl)c(F)c2)ncc1Cl. The minimum Gasteiger partial charge on any atom is -0.439 e. The van der Waals surface area contributed by atoms with Crippen LogP contribution in [0.2, 0.25) is 10.0 Å². The molecule has 0 atom stereocenters. The van der Waals surface area contributed by atoms with E-state index < -0.39 is 5.82 Å². The van der Waals surface area contributed by atoms with Crippen LogP contribution in [0.5, 0.6) is 11.6 Å². The van der Waals surface area contributed by atoms with Crippen LogP contribution in [0.4, 0.5) is 4.39 Å². The van der Waals surface area contributed by atoms with Gasteiger partial charge in [0.2, 0.25) is 5.88 Å². The smallest absolute Gasteiger partial charge is 0.219 e. The third kappa shape index (κ3) is 2.90. The van der Waals surface area contributed by atoms with Crippen LogP contribution in [0.3, 0.4) is 0 Å². The Labute approximate surface area is 113 Å². The Morgan fingerprint density at radius 2 is 2.00 bits per heavy atom. The Kier molecular flexibility index (Phi) is 4.01. The number of halogens is 3. The monoisotopic (exact) mass is 287 g/mol. The predicted octanol–water partition coefficient (Wildman–Crippen LogP) is 3.81. The number of rotatable bonds is 3. The van der Waals surface area contributed by atoms with Crippen LogP contribution in [0, 0.1) is 5.82 Å². The summed E-state index contributed by atoms with van der Waals surface area (Å²) in [5, 5.41) is 9.40. The average Bonchev–Trinajstić information content (AvgIpc) is 2.36. The highest BCUT2D eigenvalue weighted by atomic mass is 35.5. The lowest BCUT2D eigenvalue weighted by Gasteiger charge is -2.07. The van der Waals surface area contributed by atoms with Crippen molar-refractivity contribution in [2.24, 2.45) is 0 Å². The van der Waals surface area contributed by atoms with Gasteiger partial charge in [-0.25, -0.2) is 9.37 Å². The van der Waals surface area contributed by atoms with Crippen LogP contribution < -0.4 is 4.74 Å². The topological polar surface area (TPSA) is 42.4 Å². The number of aromatic nitrogens is 1. The molecule has 0 unspecified atom stereocenters. The molecule has 1 aromatic carbocycles. The minimum absolute atomic E-state index is 0.0162. The van der Waals surface area contributed by atoms with Crippen molar-refractivity contribution in [1.29, 1.82) is 0 Å². The molecule has 6 heteroatoms. The van der Waals surface area contributed by atoms with E-state index in [-0.39, 0.29) is 23.3 Å². The first kappa shape index (κ1) is 13.1. The number of aliphatic hydroxyl groups excluding tert-OH is 1. The number of pyridine rings is 1. The highest BCUT2D eigenvalue weighted by Gasteiger charge is 2.06. The van der Waals surface area contributed by atoms with E-state index in [1.807, 2.05) is 0 Å². The first-order valence-electron chi connectivity index (χ1n) is 4.98. The van der Waals surface area contributed by atoms with E-state index in [9.17, 15) is 4.39 Å². The van der Waals surface area contributed by atoms with Crippen molar-refractivity contribution in [3.63, 3.8) is 0 Å². The van der Waals surface area contributed by atoms with Gasteiger partial charge in [-0.15, -0.1) is 0 Å². The van der Waals surface area contributed by atoms with Crippen LogP contribution in [-0.4, -0.2) is 10.1 Å². The van der Waals surface area contributed by atoms with Crippen molar-refractivity contribution >= 4 is 23.2 Å². The molecule has 0 aliphatic heterocycles. The number of nitrogens with zero attached hydrogens (tertiary/aromatic N) is 1. The molecule has 0 saturated heterocycles. The maximum absolute atomic E-state index is 13.2. The molecule has 0 saturated carbocycles. The molecule has 3 nitrogen and oxygen atoms in total. The summed E-state index contributed by atoms with van der Waals surface area (Å²) in [6.07, 6.45) is 1.36. The molecular formula is C12H8Cl2FNO2. The highest BCUT2D eigenvalue weighted by Crippen LogP contribution is 2.26. The molecule has 0 fully saturated rings. The summed E-state index contributed by atoms with van der Waals surface area (Å²) < 4.78 is 18.5. The van der Waals surface area contributed by atoms with Crippen LogP contribution in [0.15, 0.2) is 30.5 Å². The van der Waals surface area contributed by atoms with E-state index in [0.717, 1.165) is 6.07 Å². The van der Waals surface area contributed by atoms with Crippen molar-refractivity contribution in [3.05, 3.63) is 51.9 Å². The van der Waals surface area contributed by atoms with Crippen molar-refractivity contribution in [2.45, 2.75) is 6.61 Å². The standard InChI is InChI=1S/C12H8Cl2FNO2/c13-9-2-1-8(4-11(9)15)18-12-3-7(6-17)10(14)5-16-12/h1-5,17H,6H2. The van der Waals surface area contributed by atoms with Crippen molar-refractivity contribution < 1.29 is 14.2 Å². The highest BCUT2D eigenvalue weighted by molar-refractivity contribution is 6.31. The Bertz CT molecular complexity index is 578. The van der Waals surface area contributed by atoms with Gasteiger partial charge < -0.3 is 9.84 Å². The third-order valence-corrected chi connectivity index (χ3v) is 2.84. The zero-order chi connectivity index (χ0) is 13.1. The number of hydrogen-bond acceptors (Lipinski definition) is 3. The van der Waals surface area contributed by atoms with E-state index >= 15 is 0 Å². The molecule has 18 heavy (non-hydrogen) atoms. The van der Waals surface area contributed by atoms with Gasteiger partial charge in [0.25, 0.3) is 0 Å². The zero-order valence-electron chi connectivity index (χ0n) is 9.03. The maximum Gasteiger partial charge on any atom is 0.219 e. The first-order chi connectivity index (χ1) is 8.60. The molecular weight excluding hydrogens is 280 g/mol. The number of ether oxygens (including phenoxy) is 1. The van der Waals surface area contributed by atoms with Crippen LogP contribution >= 0.6 is 23.2 Å². The number of hydrogen-bond donors (Lipinski definition) is 1. The summed E-state index contributed by atoms with van der Waals surface area (Å²) >= 11 is 11.3. The molecule has 0 amide bonds. The summed E-state index contributed by atoms with van der Waals surface area (Å²) in [6, 6.07) is 5.53. The lowest BCUT2D eigenvalue weighted by molar-refractivity contribution is 0.281. The summed E-state index contributed by atoms with van der Waals surface area (Å²) in [5.74, 6) is -0.105. The quantitative estimate of drug-likeness (QED) is 0.933. The summed E-state index contributed by atoms with van der Waals surface area (Å²) in [4.78, 5) is 3.91. The third-order valence-electron chi connectivity index (χ3n) is 2.19. The number of aliphatic hydroxyl groups is 1. The Morgan fingerprint density at radius 3 is 2.67 bits per heavy atom. The number of benzene rings is 1. The van der Waals surface area contributed by atoms with Gasteiger partial charge in [0, 0.05) is 23.9 Å². The van der Waals surface area contributed by atoms with Crippen molar-refractivity contribution in [2.75, 3.05) is 0 Å². The normalized spacial score (nSPS) is 10.4. The molecule has 94 valence electrons. The average molecular weight is 288 g/mol. The van der Waals surface area contributed by atoms with Gasteiger partial charge in [0.05, 0.1) is 16.7 Å². The minimum atomic E-state index is -0.578. The summed E-state index contributed by atoms with van der Waals surface area (Å²) in [5.41, 5.74) is 0.483. The van der Waals surface area contributed by atoms with E-state index in [1.54, 1.807) is 0 Å². The van der Waals surface area contributed by atoms with Crippen molar-refractivity contribution in [3.8, 4) is 11.6 Å². The van der Waals surface area contributed by atoms with E-state index in [2.05, 4.69) is 4.98 Å². The molecule has 0 aliphatic carbocycles. The Balaban J connectivity index is 2.25. The van der Waals surface area contributed by atoms with Crippen LogP contribution in [0.1, 0.15) is 5.56 Å². The molecule has 0 bridgehead atoms. The molecule has 2 rings (SSSR count). The predicted molar refractivity (Wildman–Crippen MR) is 66.7 cm³/mol.